The summed E-state index contributed by atoms with van der Waals surface area (Å²) in [5, 5.41) is 15.4. The monoisotopic (exact) mass is 435 g/mol. The average Bonchev–Trinajstić information content (AvgIpc) is 2.66. The lowest BCUT2D eigenvalue weighted by Crippen LogP contribution is -2.38. The summed E-state index contributed by atoms with van der Waals surface area (Å²) < 4.78 is 1.69. The standard InChI is InChI=1S/C20H13Cl3N2OS/c21-13-8-9-15(22)14(12-13)19(26)18(25-10-4-1-5-11-25)20(27)24-17-7-3-2-6-16(17)23/h1-12H,(H-,24,26,27)/p+1. The number of hydrogen-bond acceptors (Lipinski definition) is 2. The molecule has 0 bridgehead atoms. The molecule has 0 aliphatic carbocycles. The summed E-state index contributed by atoms with van der Waals surface area (Å²) in [7, 11) is 0. The zero-order chi connectivity index (χ0) is 19.4. The van der Waals surface area contributed by atoms with Crippen LogP contribution in [-0.2, 0) is 0 Å². The number of thiocarbonyl (C=S) groups is 1. The van der Waals surface area contributed by atoms with E-state index >= 15 is 0 Å². The highest BCUT2D eigenvalue weighted by atomic mass is 35.5. The van der Waals surface area contributed by atoms with Crippen molar-refractivity contribution in [2.45, 2.75) is 0 Å². The van der Waals surface area contributed by atoms with Crippen molar-refractivity contribution in [3.8, 4) is 0 Å². The maximum atomic E-state index is 11.0. The van der Waals surface area contributed by atoms with Crippen LogP contribution in [0.4, 0.5) is 5.69 Å². The lowest BCUT2D eigenvalue weighted by atomic mass is 10.1. The van der Waals surface area contributed by atoms with Gasteiger partial charge >= 0.3 is 0 Å². The van der Waals surface area contributed by atoms with Gasteiger partial charge in [0.15, 0.2) is 17.4 Å². The van der Waals surface area contributed by atoms with Crippen LogP contribution >= 0.6 is 47.0 Å². The van der Waals surface area contributed by atoms with Crippen LogP contribution in [0.1, 0.15) is 5.56 Å². The zero-order valence-electron chi connectivity index (χ0n) is 13.9. The van der Waals surface area contributed by atoms with Gasteiger partial charge in [-0.05, 0) is 30.3 Å². The first-order valence-electron chi connectivity index (χ1n) is 7.88. The van der Waals surface area contributed by atoms with Gasteiger partial charge < -0.3 is 10.4 Å². The molecule has 3 nitrogen and oxygen atoms in total. The van der Waals surface area contributed by atoms with Crippen molar-refractivity contribution >= 4 is 69.2 Å². The van der Waals surface area contributed by atoms with E-state index in [0.29, 0.717) is 32.0 Å². The summed E-state index contributed by atoms with van der Waals surface area (Å²) >= 11 is 24.1. The molecule has 0 amide bonds. The third-order valence-electron chi connectivity index (χ3n) is 3.72. The van der Waals surface area contributed by atoms with Gasteiger partial charge in [-0.1, -0.05) is 65.2 Å². The predicted molar refractivity (Wildman–Crippen MR) is 117 cm³/mol. The number of para-hydroxylation sites is 1. The van der Waals surface area contributed by atoms with Gasteiger partial charge in [0, 0.05) is 22.7 Å². The fraction of sp³-hybridized carbons (Fsp3) is 0. The SMILES string of the molecule is O/C(=C(/C(=S)Nc1ccccc1Cl)[n+]1ccccc1)c1cc(Cl)ccc1Cl. The summed E-state index contributed by atoms with van der Waals surface area (Å²) in [6, 6.07) is 17.6. The molecule has 0 fully saturated rings. The third kappa shape index (κ3) is 4.60. The van der Waals surface area contributed by atoms with E-state index < -0.39 is 0 Å². The Morgan fingerprint density at radius 2 is 1.59 bits per heavy atom. The molecular weight excluding hydrogens is 423 g/mol. The van der Waals surface area contributed by atoms with Crippen molar-refractivity contribution in [3.63, 3.8) is 0 Å². The van der Waals surface area contributed by atoms with Gasteiger partial charge in [-0.3, -0.25) is 0 Å². The van der Waals surface area contributed by atoms with Crippen LogP contribution in [0, 0.1) is 0 Å². The van der Waals surface area contributed by atoms with Gasteiger partial charge in [-0.15, -0.1) is 0 Å². The minimum Gasteiger partial charge on any atom is -0.502 e. The average molecular weight is 437 g/mol. The quantitative estimate of drug-likeness (QED) is 0.219. The molecule has 1 aromatic heterocycles. The minimum absolute atomic E-state index is 0.108. The minimum atomic E-state index is -0.108. The number of aliphatic hydroxyl groups excluding tert-OH is 1. The Hall–Kier alpha value is -2.11. The Labute approximate surface area is 177 Å². The maximum Gasteiger partial charge on any atom is 0.288 e. The zero-order valence-corrected chi connectivity index (χ0v) is 16.9. The second-order valence-corrected chi connectivity index (χ2v) is 7.20. The highest BCUT2D eigenvalue weighted by Crippen LogP contribution is 2.29. The number of hydrogen-bond donors (Lipinski definition) is 2. The molecule has 0 saturated heterocycles. The smallest absolute Gasteiger partial charge is 0.288 e. The van der Waals surface area contributed by atoms with Crippen LogP contribution in [0.15, 0.2) is 73.1 Å². The van der Waals surface area contributed by atoms with Gasteiger partial charge in [0.05, 0.1) is 15.7 Å². The van der Waals surface area contributed by atoms with Gasteiger partial charge in [0.2, 0.25) is 5.76 Å². The third-order valence-corrected chi connectivity index (χ3v) is 4.91. The Bertz CT molecular complexity index is 1020. The molecule has 0 saturated carbocycles. The van der Waals surface area contributed by atoms with Crippen molar-refractivity contribution in [2.24, 2.45) is 0 Å². The predicted octanol–water partition coefficient (Wildman–Crippen LogP) is 6.26. The van der Waals surface area contributed by atoms with Crippen LogP contribution in [0.2, 0.25) is 15.1 Å². The van der Waals surface area contributed by atoms with Crippen LogP contribution in [-0.4, -0.2) is 10.1 Å². The highest BCUT2D eigenvalue weighted by Gasteiger charge is 2.25. The van der Waals surface area contributed by atoms with E-state index in [1.807, 2.05) is 30.3 Å². The Morgan fingerprint density at radius 3 is 2.30 bits per heavy atom. The van der Waals surface area contributed by atoms with E-state index in [9.17, 15) is 5.11 Å². The molecule has 0 aliphatic rings. The summed E-state index contributed by atoms with van der Waals surface area (Å²) in [6.45, 7) is 0. The molecule has 3 aromatic rings. The first-order chi connectivity index (χ1) is 13.0. The first kappa shape index (κ1) is 19.6. The molecule has 3 rings (SSSR count). The summed E-state index contributed by atoms with van der Waals surface area (Å²) in [6.07, 6.45) is 3.54. The Balaban J connectivity index is 2.13. The molecule has 1 heterocycles. The Morgan fingerprint density at radius 1 is 0.889 bits per heavy atom. The molecule has 0 aliphatic heterocycles. The first-order valence-corrected chi connectivity index (χ1v) is 9.43. The van der Waals surface area contributed by atoms with Gasteiger partial charge in [-0.2, -0.15) is 4.57 Å². The molecule has 136 valence electrons. The number of halogens is 3. The normalized spacial score (nSPS) is 11.7. The largest absolute Gasteiger partial charge is 0.502 e. The van der Waals surface area contributed by atoms with E-state index in [1.165, 1.54) is 0 Å². The second kappa shape index (κ2) is 8.72. The molecule has 0 unspecified atom stereocenters. The van der Waals surface area contributed by atoms with Crippen LogP contribution in [0.3, 0.4) is 0 Å². The molecule has 2 N–H and O–H groups in total. The van der Waals surface area contributed by atoms with Gasteiger partial charge in [0.25, 0.3) is 5.70 Å². The van der Waals surface area contributed by atoms with Crippen molar-refractivity contribution in [1.29, 1.82) is 0 Å². The number of aromatic nitrogens is 1. The lowest BCUT2D eigenvalue weighted by Gasteiger charge is -2.12. The van der Waals surface area contributed by atoms with E-state index in [0.717, 1.165) is 0 Å². The summed E-state index contributed by atoms with van der Waals surface area (Å²) in [5.41, 5.74) is 1.34. The van der Waals surface area contributed by atoms with Gasteiger partial charge in [0.1, 0.15) is 0 Å². The highest BCUT2D eigenvalue weighted by molar-refractivity contribution is 7.81. The van der Waals surface area contributed by atoms with E-state index in [1.54, 1.807) is 47.3 Å². The fourth-order valence-electron chi connectivity index (χ4n) is 2.45. The van der Waals surface area contributed by atoms with E-state index in [-0.39, 0.29) is 10.7 Å². The number of rotatable bonds is 4. The Kier molecular flexibility index (Phi) is 6.34. The molecule has 0 spiro atoms. The molecule has 7 heteroatoms. The number of aliphatic hydroxyl groups is 1. The molecule has 0 radical (unpaired) electrons. The second-order valence-electron chi connectivity index (χ2n) is 5.54. The summed E-state index contributed by atoms with van der Waals surface area (Å²) in [4.78, 5) is 0.271. The number of benzene rings is 2. The van der Waals surface area contributed by atoms with Crippen molar-refractivity contribution in [3.05, 3.63) is 93.7 Å². The molecular formula is C20H14Cl3N2OS+. The van der Waals surface area contributed by atoms with E-state index in [4.69, 9.17) is 47.0 Å². The van der Waals surface area contributed by atoms with Crippen molar-refractivity contribution in [2.75, 3.05) is 5.32 Å². The van der Waals surface area contributed by atoms with Crippen LogP contribution in [0.25, 0.3) is 11.5 Å². The number of pyridine rings is 1. The lowest BCUT2D eigenvalue weighted by molar-refractivity contribution is -0.575. The van der Waals surface area contributed by atoms with E-state index in [2.05, 4.69) is 5.32 Å². The van der Waals surface area contributed by atoms with Gasteiger partial charge in [-0.25, -0.2) is 0 Å². The molecule has 2 aromatic carbocycles. The van der Waals surface area contributed by atoms with Crippen LogP contribution in [0.5, 0.6) is 0 Å². The van der Waals surface area contributed by atoms with Crippen molar-refractivity contribution < 1.29 is 9.67 Å². The summed E-state index contributed by atoms with van der Waals surface area (Å²) in [5.74, 6) is -0.108. The molecule has 0 atom stereocenters. The molecule has 27 heavy (non-hydrogen) atoms. The number of anilines is 1. The maximum absolute atomic E-state index is 11.0. The van der Waals surface area contributed by atoms with Crippen molar-refractivity contribution in [1.82, 2.24) is 0 Å². The van der Waals surface area contributed by atoms with Crippen LogP contribution < -0.4 is 9.88 Å². The number of nitrogens with zero attached hydrogens (tertiary/aromatic N) is 1. The number of nitrogens with one attached hydrogen (secondary N) is 1. The topological polar surface area (TPSA) is 36.1 Å². The fourth-order valence-corrected chi connectivity index (χ4v) is 3.32.